The summed E-state index contributed by atoms with van der Waals surface area (Å²) in [6.45, 7) is 3.09. The van der Waals surface area contributed by atoms with E-state index < -0.39 is 28.5 Å². The molecule has 2 amide bonds. The predicted octanol–water partition coefficient (Wildman–Crippen LogP) is 6.47. The standard InChI is InChI=1S/C31H35BrClN3O4S/c1-22-15-17-28(18-16-22)41(39,40)36(27-13-8-10-25(32)19-27)21-30(37)35(20-24-9-6-7-14-29(24)33)23(2)31(38)34-26-11-4-3-5-12-26/h6-10,13-19,23,26H,3-5,11-12,20-21H2,1-2H3,(H,34,38). The highest BCUT2D eigenvalue weighted by Gasteiger charge is 2.33. The molecule has 0 spiro atoms. The number of nitrogens with one attached hydrogen (secondary N) is 1. The Balaban J connectivity index is 1.68. The van der Waals surface area contributed by atoms with E-state index in [9.17, 15) is 18.0 Å². The van der Waals surface area contributed by atoms with Crippen LogP contribution in [0.3, 0.4) is 0 Å². The summed E-state index contributed by atoms with van der Waals surface area (Å²) in [5.41, 5.74) is 1.90. The lowest BCUT2D eigenvalue weighted by Gasteiger charge is -2.33. The highest BCUT2D eigenvalue weighted by atomic mass is 79.9. The second-order valence-electron chi connectivity index (χ2n) is 10.4. The minimum Gasteiger partial charge on any atom is -0.352 e. The monoisotopic (exact) mass is 659 g/mol. The van der Waals surface area contributed by atoms with Gasteiger partial charge in [0.05, 0.1) is 10.6 Å². The van der Waals surface area contributed by atoms with E-state index in [0.29, 0.717) is 20.7 Å². The van der Waals surface area contributed by atoms with E-state index in [1.165, 1.54) is 17.0 Å². The number of amides is 2. The molecule has 1 atom stereocenters. The van der Waals surface area contributed by atoms with Crippen LogP contribution >= 0.6 is 27.5 Å². The molecule has 1 unspecified atom stereocenters. The molecule has 1 aliphatic carbocycles. The quantitative estimate of drug-likeness (QED) is 0.270. The van der Waals surface area contributed by atoms with Gasteiger partial charge in [-0.1, -0.05) is 88.8 Å². The third-order valence-corrected chi connectivity index (χ3v) is 10.1. The molecule has 0 radical (unpaired) electrons. The van der Waals surface area contributed by atoms with Crippen LogP contribution in [0.4, 0.5) is 5.69 Å². The molecule has 1 N–H and O–H groups in total. The zero-order valence-corrected chi connectivity index (χ0v) is 26.4. The Morgan fingerprint density at radius 3 is 2.34 bits per heavy atom. The Kier molecular flexibility index (Phi) is 10.5. The number of carbonyl (C=O) groups is 2. The van der Waals surface area contributed by atoms with E-state index in [1.54, 1.807) is 61.5 Å². The lowest BCUT2D eigenvalue weighted by molar-refractivity contribution is -0.139. The van der Waals surface area contributed by atoms with E-state index in [4.69, 9.17) is 11.6 Å². The van der Waals surface area contributed by atoms with E-state index in [-0.39, 0.29) is 23.4 Å². The van der Waals surface area contributed by atoms with Crippen LogP contribution in [0.1, 0.15) is 50.2 Å². The molecule has 0 saturated heterocycles. The topological polar surface area (TPSA) is 86.8 Å². The molecule has 0 aromatic heterocycles. The van der Waals surface area contributed by atoms with Gasteiger partial charge < -0.3 is 10.2 Å². The van der Waals surface area contributed by atoms with Crippen molar-refractivity contribution >= 4 is 55.1 Å². The second kappa shape index (κ2) is 13.9. The van der Waals surface area contributed by atoms with Crippen LogP contribution < -0.4 is 9.62 Å². The molecular formula is C31H35BrClN3O4S. The average Bonchev–Trinajstić information content (AvgIpc) is 2.95. The van der Waals surface area contributed by atoms with Gasteiger partial charge in [-0.3, -0.25) is 13.9 Å². The first-order valence-electron chi connectivity index (χ1n) is 13.7. The van der Waals surface area contributed by atoms with Gasteiger partial charge in [0.15, 0.2) is 0 Å². The highest BCUT2D eigenvalue weighted by molar-refractivity contribution is 9.10. The van der Waals surface area contributed by atoms with Gasteiger partial charge in [0.2, 0.25) is 11.8 Å². The number of benzene rings is 3. The Bertz CT molecular complexity index is 1480. The largest absolute Gasteiger partial charge is 0.352 e. The van der Waals surface area contributed by atoms with Gasteiger partial charge in [-0.05, 0) is 68.7 Å². The van der Waals surface area contributed by atoms with Gasteiger partial charge in [0, 0.05) is 22.1 Å². The van der Waals surface area contributed by atoms with Gasteiger partial charge in [0.25, 0.3) is 10.0 Å². The number of hydrogen-bond acceptors (Lipinski definition) is 4. The number of sulfonamides is 1. The number of hydrogen-bond donors (Lipinski definition) is 1. The van der Waals surface area contributed by atoms with Crippen molar-refractivity contribution in [2.45, 2.75) is 69.5 Å². The summed E-state index contributed by atoms with van der Waals surface area (Å²) in [6, 6.07) is 19.6. The number of halogens is 2. The van der Waals surface area contributed by atoms with Crippen LogP contribution in [0.2, 0.25) is 5.02 Å². The molecule has 7 nitrogen and oxygen atoms in total. The van der Waals surface area contributed by atoms with Crippen molar-refractivity contribution in [3.8, 4) is 0 Å². The lowest BCUT2D eigenvalue weighted by Crippen LogP contribution is -2.53. The zero-order valence-electron chi connectivity index (χ0n) is 23.2. The molecule has 218 valence electrons. The molecule has 0 bridgehead atoms. The van der Waals surface area contributed by atoms with Crippen molar-refractivity contribution in [1.29, 1.82) is 0 Å². The smallest absolute Gasteiger partial charge is 0.264 e. The third kappa shape index (κ3) is 7.90. The first kappa shape index (κ1) is 31.1. The van der Waals surface area contributed by atoms with Crippen molar-refractivity contribution < 1.29 is 18.0 Å². The normalized spacial score (nSPS) is 14.7. The van der Waals surface area contributed by atoms with Crippen molar-refractivity contribution in [2.24, 2.45) is 0 Å². The Morgan fingerprint density at radius 2 is 1.68 bits per heavy atom. The molecular weight excluding hydrogens is 626 g/mol. The summed E-state index contributed by atoms with van der Waals surface area (Å²) in [5, 5.41) is 3.56. The van der Waals surface area contributed by atoms with Crippen molar-refractivity contribution in [1.82, 2.24) is 10.2 Å². The van der Waals surface area contributed by atoms with E-state index in [0.717, 1.165) is 42.0 Å². The molecule has 1 fully saturated rings. The summed E-state index contributed by atoms with van der Waals surface area (Å²) < 4.78 is 29.6. The second-order valence-corrected chi connectivity index (χ2v) is 13.6. The van der Waals surface area contributed by atoms with Crippen LogP contribution in [-0.4, -0.2) is 43.8 Å². The molecule has 1 saturated carbocycles. The summed E-state index contributed by atoms with van der Waals surface area (Å²) >= 11 is 9.86. The number of nitrogens with zero attached hydrogens (tertiary/aromatic N) is 2. The number of aryl methyl sites for hydroxylation is 1. The first-order chi connectivity index (χ1) is 19.6. The highest BCUT2D eigenvalue weighted by Crippen LogP contribution is 2.28. The SMILES string of the molecule is Cc1ccc(S(=O)(=O)N(CC(=O)N(Cc2ccccc2Cl)C(C)C(=O)NC2CCCCC2)c2cccc(Br)c2)cc1. The molecule has 4 rings (SSSR count). The maximum Gasteiger partial charge on any atom is 0.264 e. The molecule has 3 aromatic rings. The molecule has 0 aliphatic heterocycles. The van der Waals surface area contributed by atoms with Gasteiger partial charge >= 0.3 is 0 Å². The van der Waals surface area contributed by atoms with Gasteiger partial charge in [-0.15, -0.1) is 0 Å². The molecule has 0 heterocycles. The maximum absolute atomic E-state index is 14.1. The van der Waals surface area contributed by atoms with Crippen LogP contribution in [0.25, 0.3) is 0 Å². The maximum atomic E-state index is 14.1. The van der Waals surface area contributed by atoms with E-state index >= 15 is 0 Å². The fourth-order valence-electron chi connectivity index (χ4n) is 4.96. The van der Waals surface area contributed by atoms with Crippen molar-refractivity contribution in [3.63, 3.8) is 0 Å². The number of carbonyl (C=O) groups excluding carboxylic acids is 2. The van der Waals surface area contributed by atoms with Crippen LogP contribution in [-0.2, 0) is 26.2 Å². The third-order valence-electron chi connectivity index (χ3n) is 7.40. The van der Waals surface area contributed by atoms with Crippen LogP contribution in [0, 0.1) is 6.92 Å². The summed E-state index contributed by atoms with van der Waals surface area (Å²) in [6.07, 6.45) is 5.07. The zero-order chi connectivity index (χ0) is 29.6. The first-order valence-corrected chi connectivity index (χ1v) is 16.4. The fraction of sp³-hybridized carbons (Fsp3) is 0.355. The fourth-order valence-corrected chi connectivity index (χ4v) is 6.95. The number of anilines is 1. The predicted molar refractivity (Wildman–Crippen MR) is 166 cm³/mol. The lowest BCUT2D eigenvalue weighted by atomic mass is 9.95. The van der Waals surface area contributed by atoms with Gasteiger partial charge in [0.1, 0.15) is 12.6 Å². The summed E-state index contributed by atoms with van der Waals surface area (Å²) in [4.78, 5) is 29.0. The number of rotatable bonds is 10. The molecule has 3 aromatic carbocycles. The Morgan fingerprint density at radius 1 is 1.00 bits per heavy atom. The Labute approximate surface area is 256 Å². The van der Waals surface area contributed by atoms with Gasteiger partial charge in [-0.2, -0.15) is 0 Å². The van der Waals surface area contributed by atoms with Crippen molar-refractivity contribution in [3.05, 3.63) is 93.4 Å². The minimum atomic E-state index is -4.13. The van der Waals surface area contributed by atoms with Crippen molar-refractivity contribution in [2.75, 3.05) is 10.8 Å². The summed E-state index contributed by atoms with van der Waals surface area (Å²) in [5.74, 6) is -0.792. The van der Waals surface area contributed by atoms with E-state index in [1.807, 2.05) is 13.0 Å². The van der Waals surface area contributed by atoms with Crippen LogP contribution in [0.5, 0.6) is 0 Å². The average molecular weight is 661 g/mol. The molecule has 1 aliphatic rings. The molecule has 10 heteroatoms. The van der Waals surface area contributed by atoms with Gasteiger partial charge in [-0.25, -0.2) is 8.42 Å². The van der Waals surface area contributed by atoms with E-state index in [2.05, 4.69) is 21.2 Å². The van der Waals surface area contributed by atoms with Crippen LogP contribution in [0.15, 0.2) is 82.2 Å². The molecule has 41 heavy (non-hydrogen) atoms. The minimum absolute atomic E-state index is 0.0503. The summed E-state index contributed by atoms with van der Waals surface area (Å²) in [7, 11) is -4.13. The Hall–Kier alpha value is -2.88.